The van der Waals surface area contributed by atoms with Gasteiger partial charge in [-0.3, -0.25) is 0 Å². The van der Waals surface area contributed by atoms with Crippen molar-refractivity contribution >= 4 is 10.0 Å². The Morgan fingerprint density at radius 1 is 1.04 bits per heavy atom. The molecule has 2 aromatic rings. The molecule has 4 rings (SSSR count). The third-order valence-corrected chi connectivity index (χ3v) is 6.52. The number of halogens is 3. The van der Waals surface area contributed by atoms with Crippen LogP contribution in [0.4, 0.5) is 13.2 Å². The van der Waals surface area contributed by atoms with E-state index in [1.807, 2.05) is 6.07 Å². The highest BCUT2D eigenvalue weighted by molar-refractivity contribution is 7.89. The van der Waals surface area contributed by atoms with Crippen LogP contribution in [0, 0.1) is 0 Å². The number of fused-ring (bicyclic) bond motifs is 2. The monoisotopic (exact) mass is 372 g/mol. The predicted octanol–water partition coefficient (Wildman–Crippen LogP) is 1.99. The van der Waals surface area contributed by atoms with Crippen LogP contribution in [-0.4, -0.2) is 34.0 Å². The molecule has 1 aliphatic heterocycles. The molecule has 0 bridgehead atoms. The molecular weight excluding hydrogens is 357 g/mol. The summed E-state index contributed by atoms with van der Waals surface area (Å²) >= 11 is 0. The Labute approximate surface area is 142 Å². The molecule has 0 saturated heterocycles. The fourth-order valence-corrected chi connectivity index (χ4v) is 4.84. The molecule has 2 heterocycles. The lowest BCUT2D eigenvalue weighted by molar-refractivity contribution is -0.147. The number of nitrogens with zero attached hydrogens (tertiary/aromatic N) is 4. The van der Waals surface area contributed by atoms with Gasteiger partial charge in [-0.05, 0) is 42.5 Å². The van der Waals surface area contributed by atoms with Gasteiger partial charge in [-0.1, -0.05) is 6.07 Å². The molecule has 0 spiro atoms. The second kappa shape index (κ2) is 5.53. The van der Waals surface area contributed by atoms with Crippen LogP contribution in [-0.2, 0) is 42.1 Å². The smallest absolute Gasteiger partial charge is 0.305 e. The predicted molar refractivity (Wildman–Crippen MR) is 81.1 cm³/mol. The van der Waals surface area contributed by atoms with Crippen molar-refractivity contribution in [3.8, 4) is 0 Å². The van der Waals surface area contributed by atoms with Gasteiger partial charge in [-0.25, -0.2) is 8.42 Å². The lowest BCUT2D eigenvalue weighted by Crippen LogP contribution is -2.39. The SMILES string of the molecule is O=S(=O)(c1ccc2c(c1)CCC2)N1CCn2c(nnc2C(F)(F)F)C1. The average Bonchev–Trinajstić information content (AvgIpc) is 3.19. The van der Waals surface area contributed by atoms with Crippen LogP contribution in [0.2, 0.25) is 0 Å². The maximum absolute atomic E-state index is 12.9. The topological polar surface area (TPSA) is 68.1 Å². The van der Waals surface area contributed by atoms with E-state index in [-0.39, 0.29) is 30.4 Å². The van der Waals surface area contributed by atoms with Crippen molar-refractivity contribution in [3.63, 3.8) is 0 Å². The van der Waals surface area contributed by atoms with Crippen molar-refractivity contribution in [3.05, 3.63) is 41.0 Å². The largest absolute Gasteiger partial charge is 0.451 e. The minimum Gasteiger partial charge on any atom is -0.305 e. The normalized spacial score (nSPS) is 18.2. The first-order valence-electron chi connectivity index (χ1n) is 7.88. The van der Waals surface area contributed by atoms with Crippen LogP contribution >= 0.6 is 0 Å². The molecule has 10 heteroatoms. The lowest BCUT2D eigenvalue weighted by Gasteiger charge is -2.27. The first-order chi connectivity index (χ1) is 11.8. The standard InChI is InChI=1S/C15H15F3N4O2S/c16-15(17,18)14-20-19-13-9-21(6-7-22(13)14)25(23,24)12-5-4-10-2-1-3-11(10)8-12/h4-5,8H,1-3,6-7,9H2. The van der Waals surface area contributed by atoms with E-state index >= 15 is 0 Å². The van der Waals surface area contributed by atoms with Crippen molar-refractivity contribution in [1.29, 1.82) is 0 Å². The van der Waals surface area contributed by atoms with E-state index in [1.54, 1.807) is 12.1 Å². The number of hydrogen-bond donors (Lipinski definition) is 0. The number of benzene rings is 1. The minimum atomic E-state index is -4.60. The van der Waals surface area contributed by atoms with Crippen LogP contribution < -0.4 is 0 Å². The Morgan fingerprint density at radius 2 is 1.80 bits per heavy atom. The summed E-state index contributed by atoms with van der Waals surface area (Å²) in [6.07, 6.45) is -1.80. The molecule has 0 N–H and O–H groups in total. The second-order valence-corrected chi connectivity index (χ2v) is 8.15. The highest BCUT2D eigenvalue weighted by atomic mass is 32.2. The van der Waals surface area contributed by atoms with E-state index in [2.05, 4.69) is 10.2 Å². The van der Waals surface area contributed by atoms with Gasteiger partial charge in [0.25, 0.3) is 0 Å². The summed E-state index contributed by atoms with van der Waals surface area (Å²) in [5.74, 6) is -1.08. The molecule has 1 aromatic heterocycles. The summed E-state index contributed by atoms with van der Waals surface area (Å²) in [4.78, 5) is 0.178. The Morgan fingerprint density at radius 3 is 2.56 bits per heavy atom. The van der Waals surface area contributed by atoms with E-state index in [9.17, 15) is 21.6 Å². The van der Waals surface area contributed by atoms with Crippen LogP contribution in [0.1, 0.15) is 29.2 Å². The quantitative estimate of drug-likeness (QED) is 0.809. The maximum Gasteiger partial charge on any atom is 0.451 e. The van der Waals surface area contributed by atoms with Gasteiger partial charge in [-0.15, -0.1) is 10.2 Å². The summed E-state index contributed by atoms with van der Waals surface area (Å²) in [6, 6.07) is 5.07. The van der Waals surface area contributed by atoms with Gasteiger partial charge in [-0.2, -0.15) is 17.5 Å². The Balaban J connectivity index is 1.64. The van der Waals surface area contributed by atoms with Gasteiger partial charge >= 0.3 is 6.18 Å². The molecular formula is C15H15F3N4O2S. The fourth-order valence-electron chi connectivity index (χ4n) is 3.41. The average molecular weight is 372 g/mol. The molecule has 0 amide bonds. The molecule has 134 valence electrons. The van der Waals surface area contributed by atoms with Crippen molar-refractivity contribution in [1.82, 2.24) is 19.1 Å². The van der Waals surface area contributed by atoms with Crippen LogP contribution in [0.25, 0.3) is 0 Å². The molecule has 0 atom stereocenters. The summed E-state index contributed by atoms with van der Waals surface area (Å²) < 4.78 is 66.4. The molecule has 6 nitrogen and oxygen atoms in total. The number of aryl methyl sites for hydroxylation is 2. The molecule has 0 unspecified atom stereocenters. The molecule has 1 aromatic carbocycles. The van der Waals surface area contributed by atoms with E-state index in [0.717, 1.165) is 39.3 Å². The van der Waals surface area contributed by atoms with Gasteiger partial charge in [0.2, 0.25) is 15.8 Å². The zero-order valence-electron chi connectivity index (χ0n) is 13.1. The maximum atomic E-state index is 12.9. The van der Waals surface area contributed by atoms with Gasteiger partial charge in [0, 0.05) is 13.1 Å². The van der Waals surface area contributed by atoms with Gasteiger partial charge in [0.1, 0.15) is 5.82 Å². The summed E-state index contributed by atoms with van der Waals surface area (Å²) in [5, 5.41) is 6.70. The third kappa shape index (κ3) is 2.73. The lowest BCUT2D eigenvalue weighted by atomic mass is 10.1. The first-order valence-corrected chi connectivity index (χ1v) is 9.32. The molecule has 0 radical (unpaired) electrons. The zero-order valence-corrected chi connectivity index (χ0v) is 13.9. The molecule has 25 heavy (non-hydrogen) atoms. The number of rotatable bonds is 2. The number of aromatic nitrogens is 3. The molecule has 0 saturated carbocycles. The van der Waals surface area contributed by atoms with Gasteiger partial charge in [0.15, 0.2) is 0 Å². The van der Waals surface area contributed by atoms with Gasteiger partial charge < -0.3 is 4.57 Å². The third-order valence-electron chi connectivity index (χ3n) is 4.68. The first kappa shape index (κ1) is 16.5. The number of sulfonamides is 1. The van der Waals surface area contributed by atoms with Crippen LogP contribution in [0.5, 0.6) is 0 Å². The van der Waals surface area contributed by atoms with Crippen molar-refractivity contribution in [2.75, 3.05) is 6.54 Å². The summed E-state index contributed by atoms with van der Waals surface area (Å²) in [5.41, 5.74) is 2.19. The molecule has 1 aliphatic carbocycles. The fraction of sp³-hybridized carbons (Fsp3) is 0.467. The van der Waals surface area contributed by atoms with Gasteiger partial charge in [0.05, 0.1) is 11.4 Å². The Kier molecular flexibility index (Phi) is 3.66. The highest BCUT2D eigenvalue weighted by Gasteiger charge is 2.41. The highest BCUT2D eigenvalue weighted by Crippen LogP contribution is 2.31. The second-order valence-electron chi connectivity index (χ2n) is 6.21. The number of hydrogen-bond acceptors (Lipinski definition) is 4. The van der Waals surface area contributed by atoms with Crippen LogP contribution in [0.3, 0.4) is 0 Å². The zero-order chi connectivity index (χ0) is 17.8. The van der Waals surface area contributed by atoms with Crippen molar-refractivity contribution in [2.45, 2.75) is 43.4 Å². The van der Waals surface area contributed by atoms with Crippen molar-refractivity contribution < 1.29 is 21.6 Å². The van der Waals surface area contributed by atoms with Crippen molar-refractivity contribution in [2.24, 2.45) is 0 Å². The van der Waals surface area contributed by atoms with E-state index in [4.69, 9.17) is 0 Å². The summed E-state index contributed by atoms with van der Waals surface area (Å²) in [7, 11) is -3.78. The number of alkyl halides is 3. The minimum absolute atomic E-state index is 0.00306. The Hall–Kier alpha value is -1.94. The summed E-state index contributed by atoms with van der Waals surface area (Å²) in [6.45, 7) is -0.391. The van der Waals surface area contributed by atoms with E-state index < -0.39 is 22.0 Å². The van der Waals surface area contributed by atoms with E-state index in [1.165, 1.54) is 0 Å². The van der Waals surface area contributed by atoms with Crippen LogP contribution in [0.15, 0.2) is 23.1 Å². The Bertz CT molecular complexity index is 937. The molecule has 0 fully saturated rings. The van der Waals surface area contributed by atoms with E-state index in [0.29, 0.717) is 0 Å². The molecule has 2 aliphatic rings.